The van der Waals surface area contributed by atoms with E-state index >= 15 is 0 Å². The molecule has 1 aliphatic heterocycles. The Bertz CT molecular complexity index is 733. The molecule has 0 aliphatic carbocycles. The monoisotopic (exact) mass is 276 g/mol. The summed E-state index contributed by atoms with van der Waals surface area (Å²) in [6, 6.07) is 13.8. The van der Waals surface area contributed by atoms with Gasteiger partial charge in [-0.05, 0) is 30.2 Å². The van der Waals surface area contributed by atoms with E-state index < -0.39 is 0 Å². The fourth-order valence-electron chi connectivity index (χ4n) is 2.54. The first kappa shape index (κ1) is 13.5. The van der Waals surface area contributed by atoms with Gasteiger partial charge in [0.15, 0.2) is 0 Å². The molecule has 0 bridgehead atoms. The molecule has 0 amide bonds. The summed E-state index contributed by atoms with van der Waals surface area (Å²) in [4.78, 5) is 11.7. The van der Waals surface area contributed by atoms with Gasteiger partial charge in [0.2, 0.25) is 0 Å². The van der Waals surface area contributed by atoms with Gasteiger partial charge in [-0.25, -0.2) is 4.79 Å². The number of ether oxygens (including phenoxy) is 1. The molecule has 0 radical (unpaired) electrons. The Balaban J connectivity index is 2.08. The van der Waals surface area contributed by atoms with Crippen molar-refractivity contribution in [2.45, 2.75) is 26.4 Å². The van der Waals surface area contributed by atoms with E-state index in [1.807, 2.05) is 42.5 Å². The minimum Gasteiger partial charge on any atom is -0.457 e. The highest BCUT2D eigenvalue weighted by Gasteiger charge is 2.24. The Morgan fingerprint density at radius 1 is 1.10 bits per heavy atom. The van der Waals surface area contributed by atoms with Crippen molar-refractivity contribution in [1.29, 1.82) is 0 Å². The standard InChI is InChI=1S/C19H16O2/c1-2-6-15-10-12-17-18(13-21-19(17)20)16(15)11-9-14-7-4-3-5-8-14/h3-5,7-8,10,12H,2,6,13H2,1H3. The van der Waals surface area contributed by atoms with Crippen molar-refractivity contribution in [2.75, 3.05) is 0 Å². The lowest BCUT2D eigenvalue weighted by molar-refractivity contribution is 0.0535. The van der Waals surface area contributed by atoms with Gasteiger partial charge in [-0.2, -0.15) is 0 Å². The summed E-state index contributed by atoms with van der Waals surface area (Å²) in [7, 11) is 0. The maximum atomic E-state index is 11.7. The van der Waals surface area contributed by atoms with Gasteiger partial charge in [0.1, 0.15) is 6.61 Å². The van der Waals surface area contributed by atoms with Gasteiger partial charge in [-0.3, -0.25) is 0 Å². The van der Waals surface area contributed by atoms with Crippen LogP contribution in [0.25, 0.3) is 0 Å². The number of hydrogen-bond donors (Lipinski definition) is 0. The average Bonchev–Trinajstić information content (AvgIpc) is 2.89. The molecule has 0 unspecified atom stereocenters. The van der Waals surface area contributed by atoms with Gasteiger partial charge < -0.3 is 4.74 Å². The SMILES string of the molecule is CCCc1ccc2c(c1C#Cc1ccccc1)COC2=O. The summed E-state index contributed by atoms with van der Waals surface area (Å²) in [5.74, 6) is 6.20. The number of esters is 1. The van der Waals surface area contributed by atoms with E-state index in [2.05, 4.69) is 18.8 Å². The van der Waals surface area contributed by atoms with Crippen LogP contribution in [0.15, 0.2) is 42.5 Å². The van der Waals surface area contributed by atoms with Crippen LogP contribution in [0, 0.1) is 11.8 Å². The van der Waals surface area contributed by atoms with Crippen molar-refractivity contribution in [1.82, 2.24) is 0 Å². The van der Waals surface area contributed by atoms with E-state index in [1.54, 1.807) is 0 Å². The zero-order chi connectivity index (χ0) is 14.7. The molecule has 1 aliphatic rings. The van der Waals surface area contributed by atoms with Crippen molar-refractivity contribution in [3.05, 3.63) is 70.3 Å². The second kappa shape index (κ2) is 5.85. The van der Waals surface area contributed by atoms with Gasteiger partial charge >= 0.3 is 5.97 Å². The van der Waals surface area contributed by atoms with Gasteiger partial charge in [-0.15, -0.1) is 0 Å². The Morgan fingerprint density at radius 2 is 1.90 bits per heavy atom. The second-order valence-electron chi connectivity index (χ2n) is 5.07. The van der Waals surface area contributed by atoms with Gasteiger partial charge in [0, 0.05) is 16.7 Å². The molecule has 2 aromatic carbocycles. The van der Waals surface area contributed by atoms with E-state index in [9.17, 15) is 4.79 Å². The first-order valence-corrected chi connectivity index (χ1v) is 7.18. The van der Waals surface area contributed by atoms with Crippen LogP contribution in [-0.4, -0.2) is 5.97 Å². The van der Waals surface area contributed by atoms with E-state index in [0.717, 1.165) is 29.5 Å². The molecule has 0 saturated heterocycles. The lowest BCUT2D eigenvalue weighted by Crippen LogP contribution is -1.98. The Hall–Kier alpha value is -2.53. The largest absolute Gasteiger partial charge is 0.457 e. The topological polar surface area (TPSA) is 26.3 Å². The number of fused-ring (bicyclic) bond motifs is 1. The summed E-state index contributed by atoms with van der Waals surface area (Å²) < 4.78 is 5.14. The molecular weight excluding hydrogens is 260 g/mol. The predicted octanol–water partition coefficient (Wildman–Crippen LogP) is 3.71. The van der Waals surface area contributed by atoms with E-state index in [1.165, 1.54) is 5.56 Å². The zero-order valence-corrected chi connectivity index (χ0v) is 12.0. The summed E-state index contributed by atoms with van der Waals surface area (Å²) in [5, 5.41) is 0. The smallest absolute Gasteiger partial charge is 0.338 e. The summed E-state index contributed by atoms with van der Waals surface area (Å²) in [6.45, 7) is 2.48. The molecule has 2 nitrogen and oxygen atoms in total. The maximum absolute atomic E-state index is 11.7. The normalized spacial score (nSPS) is 12.3. The molecule has 0 spiro atoms. The average molecular weight is 276 g/mol. The van der Waals surface area contributed by atoms with Crippen molar-refractivity contribution in [3.63, 3.8) is 0 Å². The number of carbonyl (C=O) groups is 1. The lowest BCUT2D eigenvalue weighted by Gasteiger charge is -2.06. The summed E-state index contributed by atoms with van der Waals surface area (Å²) >= 11 is 0. The van der Waals surface area contributed by atoms with Crippen molar-refractivity contribution < 1.29 is 9.53 Å². The molecule has 3 rings (SSSR count). The minimum atomic E-state index is -0.240. The van der Waals surface area contributed by atoms with E-state index in [0.29, 0.717) is 12.2 Å². The lowest BCUT2D eigenvalue weighted by atomic mass is 9.95. The van der Waals surface area contributed by atoms with Crippen LogP contribution in [0.3, 0.4) is 0 Å². The number of carbonyl (C=O) groups excluding carboxylic acids is 1. The molecular formula is C19H16O2. The molecule has 1 heterocycles. The van der Waals surface area contributed by atoms with E-state index in [-0.39, 0.29) is 5.97 Å². The Morgan fingerprint density at radius 3 is 2.67 bits per heavy atom. The molecule has 104 valence electrons. The molecule has 21 heavy (non-hydrogen) atoms. The molecule has 2 aromatic rings. The first-order chi connectivity index (χ1) is 10.3. The third kappa shape index (κ3) is 2.68. The van der Waals surface area contributed by atoms with Gasteiger partial charge in [0.05, 0.1) is 5.56 Å². The minimum absolute atomic E-state index is 0.240. The predicted molar refractivity (Wildman–Crippen MR) is 82.0 cm³/mol. The molecule has 2 heteroatoms. The maximum Gasteiger partial charge on any atom is 0.338 e. The van der Waals surface area contributed by atoms with Crippen LogP contribution in [0.4, 0.5) is 0 Å². The summed E-state index contributed by atoms with van der Waals surface area (Å²) in [6.07, 6.45) is 2.01. The van der Waals surface area contributed by atoms with Crippen molar-refractivity contribution >= 4 is 5.97 Å². The van der Waals surface area contributed by atoms with Crippen LogP contribution in [0.2, 0.25) is 0 Å². The van der Waals surface area contributed by atoms with Crippen molar-refractivity contribution in [3.8, 4) is 11.8 Å². The number of hydrogen-bond acceptors (Lipinski definition) is 2. The highest BCUT2D eigenvalue weighted by molar-refractivity contribution is 5.94. The Labute approximate surface area is 124 Å². The summed E-state index contributed by atoms with van der Waals surface area (Å²) in [5.41, 5.74) is 4.73. The fraction of sp³-hybridized carbons (Fsp3) is 0.211. The first-order valence-electron chi connectivity index (χ1n) is 7.18. The third-order valence-corrected chi connectivity index (χ3v) is 3.59. The fourth-order valence-corrected chi connectivity index (χ4v) is 2.54. The zero-order valence-electron chi connectivity index (χ0n) is 12.0. The van der Waals surface area contributed by atoms with Gasteiger partial charge in [-0.1, -0.05) is 49.5 Å². The van der Waals surface area contributed by atoms with Crippen LogP contribution < -0.4 is 0 Å². The number of benzene rings is 2. The quantitative estimate of drug-likeness (QED) is 0.617. The Kier molecular flexibility index (Phi) is 3.75. The molecule has 0 fully saturated rings. The van der Waals surface area contributed by atoms with Crippen LogP contribution in [0.5, 0.6) is 0 Å². The third-order valence-electron chi connectivity index (χ3n) is 3.59. The van der Waals surface area contributed by atoms with Crippen LogP contribution in [-0.2, 0) is 17.8 Å². The van der Waals surface area contributed by atoms with Crippen molar-refractivity contribution in [2.24, 2.45) is 0 Å². The number of rotatable bonds is 2. The molecule has 0 saturated carbocycles. The number of cyclic esters (lactones) is 1. The molecule has 0 atom stereocenters. The highest BCUT2D eigenvalue weighted by atomic mass is 16.5. The van der Waals surface area contributed by atoms with Crippen LogP contribution >= 0.6 is 0 Å². The molecule has 0 N–H and O–H groups in total. The van der Waals surface area contributed by atoms with E-state index in [4.69, 9.17) is 4.74 Å². The van der Waals surface area contributed by atoms with Gasteiger partial charge in [0.25, 0.3) is 0 Å². The molecule has 0 aromatic heterocycles. The van der Waals surface area contributed by atoms with Crippen LogP contribution in [0.1, 0.15) is 46.0 Å². The second-order valence-corrected chi connectivity index (χ2v) is 5.07. The highest BCUT2D eigenvalue weighted by Crippen LogP contribution is 2.26. The number of aryl methyl sites for hydroxylation is 1.